The van der Waals surface area contributed by atoms with Crippen LogP contribution in [0.3, 0.4) is 0 Å². The zero-order chi connectivity index (χ0) is 9.83. The molecule has 74 valence electrons. The lowest BCUT2D eigenvalue weighted by Crippen LogP contribution is -2.34. The standard InChI is InChI=1S/C4H13O6PSi/c1-10-11(5,6)3-2-4-12(7,8)9/h7-9H,2-4H2,1H3,(H,5,6)/p-1. The van der Waals surface area contributed by atoms with Gasteiger partial charge in [0.25, 0.3) is 0 Å². The second kappa shape index (κ2) is 4.47. The predicted octanol–water partition coefficient (Wildman–Crippen LogP) is -1.51. The van der Waals surface area contributed by atoms with Crippen LogP contribution >= 0.6 is 7.60 Å². The Morgan fingerprint density at radius 3 is 2.33 bits per heavy atom. The molecule has 0 aromatic carbocycles. The van der Waals surface area contributed by atoms with Crippen LogP contribution < -0.4 is 4.89 Å². The molecule has 1 atom stereocenters. The van der Waals surface area contributed by atoms with Crippen LogP contribution in [-0.4, -0.2) is 36.5 Å². The minimum absolute atomic E-state index is 0.00958. The molecule has 8 heteroatoms. The van der Waals surface area contributed by atoms with Crippen LogP contribution in [0.4, 0.5) is 0 Å². The molecule has 0 aromatic heterocycles. The van der Waals surface area contributed by atoms with E-state index in [1.165, 1.54) is 0 Å². The molecular weight excluding hydrogens is 203 g/mol. The molecule has 0 radical (unpaired) electrons. The molecule has 0 saturated heterocycles. The van der Waals surface area contributed by atoms with E-state index in [1.54, 1.807) is 0 Å². The fraction of sp³-hybridized carbons (Fsp3) is 1.00. The molecule has 0 aliphatic heterocycles. The van der Waals surface area contributed by atoms with Crippen molar-refractivity contribution in [3.63, 3.8) is 0 Å². The first-order valence-corrected chi connectivity index (χ1v) is 7.07. The predicted molar refractivity (Wildman–Crippen MR) is 41.3 cm³/mol. The number of hydrogen-bond acceptors (Lipinski definition) is 6. The van der Waals surface area contributed by atoms with Crippen molar-refractivity contribution in [2.75, 3.05) is 13.3 Å². The summed E-state index contributed by atoms with van der Waals surface area (Å²) in [7, 11) is -6.87. The van der Waals surface area contributed by atoms with Crippen molar-refractivity contribution in [2.24, 2.45) is 0 Å². The average Bonchev–Trinajstić information content (AvgIpc) is 1.84. The fourth-order valence-corrected chi connectivity index (χ4v) is 2.28. The Balaban J connectivity index is 3.65. The topological polar surface area (TPSA) is 110 Å². The molecule has 0 aliphatic carbocycles. The Kier molecular flexibility index (Phi) is 4.57. The molecule has 3 N–H and O–H groups in total. The first-order valence-electron chi connectivity index (χ1n) is 3.30. The van der Waals surface area contributed by atoms with E-state index < -0.39 is 16.4 Å². The maximum atomic E-state index is 10.7. The molecule has 6 nitrogen and oxygen atoms in total. The molecule has 0 saturated carbocycles. The number of hydrogen-bond donors (Lipinski definition) is 3. The van der Waals surface area contributed by atoms with E-state index in [0.29, 0.717) is 0 Å². The molecular formula is C4H12O6PSi-. The lowest BCUT2D eigenvalue weighted by atomic mass is 10.6. The highest BCUT2D eigenvalue weighted by Crippen LogP contribution is 2.36. The molecule has 1 unspecified atom stereocenters. The smallest absolute Gasteiger partial charge is 0.492 e. The van der Waals surface area contributed by atoms with Gasteiger partial charge in [0, 0.05) is 19.3 Å². The Morgan fingerprint density at radius 2 is 2.00 bits per heavy atom. The molecule has 12 heavy (non-hydrogen) atoms. The SMILES string of the molecule is COP(=O)([O-])CCC[Si](O)(O)O. The van der Waals surface area contributed by atoms with Crippen molar-refractivity contribution in [3.8, 4) is 0 Å². The largest absolute Gasteiger partial charge is 0.779 e. The van der Waals surface area contributed by atoms with Gasteiger partial charge in [0.05, 0.1) is 0 Å². The highest BCUT2D eigenvalue weighted by atomic mass is 31.2. The highest BCUT2D eigenvalue weighted by Gasteiger charge is 2.26. The lowest BCUT2D eigenvalue weighted by Gasteiger charge is -2.20. The Hall–Kier alpha value is 0.247. The van der Waals surface area contributed by atoms with Gasteiger partial charge in [-0.05, 0) is 6.42 Å². The van der Waals surface area contributed by atoms with Gasteiger partial charge in [-0.1, -0.05) is 0 Å². The summed E-state index contributed by atoms with van der Waals surface area (Å²) in [5.74, 6) is 0. The van der Waals surface area contributed by atoms with Crippen LogP contribution in [0.25, 0.3) is 0 Å². The molecule has 0 amide bonds. The zero-order valence-electron chi connectivity index (χ0n) is 6.63. The van der Waals surface area contributed by atoms with Crippen LogP contribution in [0.15, 0.2) is 0 Å². The third-order valence-corrected chi connectivity index (χ3v) is 3.67. The van der Waals surface area contributed by atoms with Crippen molar-refractivity contribution in [2.45, 2.75) is 12.5 Å². The van der Waals surface area contributed by atoms with Crippen molar-refractivity contribution in [3.05, 3.63) is 0 Å². The fourth-order valence-electron chi connectivity index (χ4n) is 0.601. The van der Waals surface area contributed by atoms with Gasteiger partial charge >= 0.3 is 8.80 Å². The number of rotatable bonds is 5. The summed E-state index contributed by atoms with van der Waals surface area (Å²) in [6.45, 7) is 0. The van der Waals surface area contributed by atoms with Crippen molar-refractivity contribution in [1.29, 1.82) is 0 Å². The minimum Gasteiger partial charge on any atom is -0.779 e. The third-order valence-electron chi connectivity index (χ3n) is 1.22. The Bertz CT molecular complexity index is 177. The summed E-state index contributed by atoms with van der Waals surface area (Å²) in [6.07, 6.45) is -0.301. The van der Waals surface area contributed by atoms with Crippen LogP contribution in [0.2, 0.25) is 6.04 Å². The second-order valence-electron chi connectivity index (χ2n) is 2.39. The molecule has 0 bridgehead atoms. The van der Waals surface area contributed by atoms with Gasteiger partial charge in [0.2, 0.25) is 0 Å². The maximum absolute atomic E-state index is 10.7. The van der Waals surface area contributed by atoms with Crippen LogP contribution in [0, 0.1) is 0 Å². The first-order chi connectivity index (χ1) is 5.27. The van der Waals surface area contributed by atoms with Crippen LogP contribution in [-0.2, 0) is 9.09 Å². The second-order valence-corrected chi connectivity index (χ2v) is 6.48. The van der Waals surface area contributed by atoms with E-state index in [9.17, 15) is 9.46 Å². The summed E-state index contributed by atoms with van der Waals surface area (Å²) >= 11 is 0. The highest BCUT2D eigenvalue weighted by molar-refractivity contribution is 7.51. The quantitative estimate of drug-likeness (QED) is 0.380. The molecule has 0 aromatic rings. The summed E-state index contributed by atoms with van der Waals surface area (Å²) in [5.41, 5.74) is 0. The van der Waals surface area contributed by atoms with E-state index in [4.69, 9.17) is 14.4 Å². The van der Waals surface area contributed by atoms with Crippen molar-refractivity contribution in [1.82, 2.24) is 0 Å². The van der Waals surface area contributed by atoms with Gasteiger partial charge < -0.3 is 28.4 Å². The lowest BCUT2D eigenvalue weighted by molar-refractivity contribution is -0.196. The van der Waals surface area contributed by atoms with Gasteiger partial charge in [0.1, 0.15) is 7.60 Å². The summed E-state index contributed by atoms with van der Waals surface area (Å²) in [4.78, 5) is 36.2. The average molecular weight is 215 g/mol. The summed E-state index contributed by atoms with van der Waals surface area (Å²) in [5, 5.41) is 0. The van der Waals surface area contributed by atoms with Gasteiger partial charge in [-0.15, -0.1) is 0 Å². The Labute approximate surface area is 71.3 Å². The van der Waals surface area contributed by atoms with Crippen molar-refractivity contribution < 1.29 is 28.4 Å². The van der Waals surface area contributed by atoms with Crippen LogP contribution in [0.1, 0.15) is 6.42 Å². The summed E-state index contributed by atoms with van der Waals surface area (Å²) in [6, 6.07) is -0.289. The van der Waals surface area contributed by atoms with E-state index >= 15 is 0 Å². The monoisotopic (exact) mass is 215 g/mol. The third kappa shape index (κ3) is 6.93. The van der Waals surface area contributed by atoms with Gasteiger partial charge in [-0.2, -0.15) is 0 Å². The molecule has 0 heterocycles. The van der Waals surface area contributed by atoms with Gasteiger partial charge in [-0.3, -0.25) is 0 Å². The molecule has 0 fully saturated rings. The minimum atomic E-state index is -4.09. The molecule has 0 aliphatic rings. The van der Waals surface area contributed by atoms with Crippen LogP contribution in [0.5, 0.6) is 0 Å². The van der Waals surface area contributed by atoms with E-state index in [0.717, 1.165) is 7.11 Å². The normalized spacial score (nSPS) is 17.4. The van der Waals surface area contributed by atoms with Gasteiger partial charge in [-0.25, -0.2) is 0 Å². The Morgan fingerprint density at radius 1 is 1.50 bits per heavy atom. The maximum Gasteiger partial charge on any atom is 0.492 e. The van der Waals surface area contributed by atoms with Crippen molar-refractivity contribution >= 4 is 16.4 Å². The van der Waals surface area contributed by atoms with E-state index in [1.807, 2.05) is 0 Å². The molecule has 0 spiro atoms. The van der Waals surface area contributed by atoms with E-state index in [2.05, 4.69) is 4.52 Å². The molecule has 0 rings (SSSR count). The van der Waals surface area contributed by atoms with Gasteiger partial charge in [0.15, 0.2) is 0 Å². The zero-order valence-corrected chi connectivity index (χ0v) is 8.53. The first kappa shape index (κ1) is 12.2. The summed E-state index contributed by atoms with van der Waals surface area (Å²) < 4.78 is 14.8. The van der Waals surface area contributed by atoms with E-state index in [-0.39, 0.29) is 18.6 Å².